The van der Waals surface area contributed by atoms with Gasteiger partial charge in [-0.3, -0.25) is 9.69 Å². The molecule has 0 aliphatic carbocycles. The Hall–Kier alpha value is -1.88. The number of likely N-dealkylation sites (N-methyl/N-ethyl adjacent to an activating group) is 1. The third-order valence-electron chi connectivity index (χ3n) is 3.55. The number of carboxylic acids is 1. The van der Waals surface area contributed by atoms with E-state index in [0.29, 0.717) is 18.7 Å². The molecule has 1 aromatic carbocycles. The smallest absolute Gasteiger partial charge is 0.335 e. The van der Waals surface area contributed by atoms with Crippen LogP contribution in [-0.2, 0) is 17.9 Å². The summed E-state index contributed by atoms with van der Waals surface area (Å²) in [6.07, 6.45) is 0. The van der Waals surface area contributed by atoms with E-state index in [9.17, 15) is 9.59 Å². The Morgan fingerprint density at radius 1 is 1.26 bits per heavy atom. The van der Waals surface area contributed by atoms with Crippen LogP contribution < -0.4 is 0 Å². The SMILES string of the molecule is CC(C(=O)N(C)C)N1Cc2ccc(C(=O)O)cc2C1. The lowest BCUT2D eigenvalue weighted by Gasteiger charge is -2.25. The molecule has 1 unspecified atom stereocenters. The van der Waals surface area contributed by atoms with Gasteiger partial charge in [0.05, 0.1) is 11.6 Å². The van der Waals surface area contributed by atoms with Gasteiger partial charge < -0.3 is 10.0 Å². The maximum Gasteiger partial charge on any atom is 0.335 e. The standard InChI is InChI=1S/C14H18N2O3/c1-9(13(17)15(2)3)16-7-11-5-4-10(14(18)19)6-12(11)8-16/h4-6,9H,7-8H2,1-3H3,(H,18,19). The van der Waals surface area contributed by atoms with E-state index in [4.69, 9.17) is 5.11 Å². The number of benzene rings is 1. The minimum atomic E-state index is -0.918. The highest BCUT2D eigenvalue weighted by atomic mass is 16.4. The number of amides is 1. The Morgan fingerprint density at radius 3 is 2.47 bits per heavy atom. The molecule has 1 amide bonds. The molecule has 1 aromatic rings. The predicted molar refractivity (Wildman–Crippen MR) is 70.8 cm³/mol. The van der Waals surface area contributed by atoms with Crippen LogP contribution in [0, 0.1) is 0 Å². The molecule has 1 heterocycles. The minimum Gasteiger partial charge on any atom is -0.478 e. The molecule has 0 bridgehead atoms. The summed E-state index contributed by atoms with van der Waals surface area (Å²) in [4.78, 5) is 26.5. The lowest BCUT2D eigenvalue weighted by molar-refractivity contribution is -0.134. The van der Waals surface area contributed by atoms with Crippen LogP contribution >= 0.6 is 0 Å². The molecule has 1 aliphatic heterocycles. The third kappa shape index (κ3) is 2.61. The molecule has 0 saturated heterocycles. The molecule has 0 saturated carbocycles. The van der Waals surface area contributed by atoms with Gasteiger partial charge in [0.1, 0.15) is 0 Å². The molecular weight excluding hydrogens is 244 g/mol. The molecule has 1 N–H and O–H groups in total. The maximum atomic E-state index is 11.9. The van der Waals surface area contributed by atoms with Crippen molar-refractivity contribution in [2.45, 2.75) is 26.1 Å². The zero-order valence-corrected chi connectivity index (χ0v) is 11.4. The summed E-state index contributed by atoms with van der Waals surface area (Å²) in [6, 6.07) is 4.95. The van der Waals surface area contributed by atoms with Gasteiger partial charge in [0, 0.05) is 27.2 Å². The molecule has 0 fully saturated rings. The van der Waals surface area contributed by atoms with E-state index < -0.39 is 5.97 Å². The summed E-state index contributed by atoms with van der Waals surface area (Å²) in [5, 5.41) is 8.98. The Kier molecular flexibility index (Phi) is 3.57. The van der Waals surface area contributed by atoms with Crippen molar-refractivity contribution in [3.63, 3.8) is 0 Å². The molecule has 0 spiro atoms. The highest BCUT2D eigenvalue weighted by Crippen LogP contribution is 2.26. The molecule has 5 nitrogen and oxygen atoms in total. The summed E-state index contributed by atoms with van der Waals surface area (Å²) in [6.45, 7) is 3.19. The Balaban J connectivity index is 2.16. The van der Waals surface area contributed by atoms with Crippen molar-refractivity contribution < 1.29 is 14.7 Å². The zero-order chi connectivity index (χ0) is 14.2. The van der Waals surface area contributed by atoms with E-state index in [1.807, 2.05) is 13.0 Å². The van der Waals surface area contributed by atoms with Crippen molar-refractivity contribution >= 4 is 11.9 Å². The van der Waals surface area contributed by atoms with Crippen molar-refractivity contribution in [2.75, 3.05) is 14.1 Å². The first-order chi connectivity index (χ1) is 8.90. The average Bonchev–Trinajstić information content (AvgIpc) is 2.79. The van der Waals surface area contributed by atoms with Crippen LogP contribution in [0.15, 0.2) is 18.2 Å². The molecule has 0 aromatic heterocycles. The van der Waals surface area contributed by atoms with Gasteiger partial charge in [-0.05, 0) is 30.2 Å². The van der Waals surface area contributed by atoms with E-state index in [0.717, 1.165) is 11.1 Å². The fourth-order valence-electron chi connectivity index (χ4n) is 2.36. The Morgan fingerprint density at radius 2 is 1.89 bits per heavy atom. The zero-order valence-electron chi connectivity index (χ0n) is 11.4. The van der Waals surface area contributed by atoms with Gasteiger partial charge in [0.25, 0.3) is 0 Å². The number of rotatable bonds is 3. The van der Waals surface area contributed by atoms with Crippen molar-refractivity contribution in [3.8, 4) is 0 Å². The number of hydrogen-bond donors (Lipinski definition) is 1. The van der Waals surface area contributed by atoms with Crippen LogP contribution in [0.1, 0.15) is 28.4 Å². The number of carbonyl (C=O) groups excluding carboxylic acids is 1. The molecule has 102 valence electrons. The first-order valence-corrected chi connectivity index (χ1v) is 6.20. The van der Waals surface area contributed by atoms with E-state index in [2.05, 4.69) is 4.90 Å². The lowest BCUT2D eigenvalue weighted by Crippen LogP contribution is -2.42. The Bertz CT molecular complexity index is 525. The number of carboxylic acid groups (broad SMARTS) is 1. The van der Waals surface area contributed by atoms with E-state index in [1.54, 1.807) is 31.1 Å². The molecule has 0 radical (unpaired) electrons. The van der Waals surface area contributed by atoms with E-state index in [-0.39, 0.29) is 11.9 Å². The van der Waals surface area contributed by atoms with E-state index in [1.165, 1.54) is 0 Å². The summed E-state index contributed by atoms with van der Waals surface area (Å²) >= 11 is 0. The maximum absolute atomic E-state index is 11.9. The van der Waals surface area contributed by atoms with Crippen LogP contribution in [0.5, 0.6) is 0 Å². The van der Waals surface area contributed by atoms with Gasteiger partial charge in [-0.1, -0.05) is 6.07 Å². The average molecular weight is 262 g/mol. The number of carbonyl (C=O) groups is 2. The third-order valence-corrected chi connectivity index (χ3v) is 3.55. The van der Waals surface area contributed by atoms with Crippen molar-refractivity contribution in [2.24, 2.45) is 0 Å². The molecule has 1 atom stereocenters. The largest absolute Gasteiger partial charge is 0.478 e. The van der Waals surface area contributed by atoms with Gasteiger partial charge in [-0.15, -0.1) is 0 Å². The van der Waals surface area contributed by atoms with Crippen LogP contribution in [0.2, 0.25) is 0 Å². The first kappa shape index (κ1) is 13.5. The normalized spacial score (nSPS) is 15.9. The summed E-state index contributed by atoms with van der Waals surface area (Å²) in [7, 11) is 3.48. The number of nitrogens with zero attached hydrogens (tertiary/aromatic N) is 2. The van der Waals surface area contributed by atoms with Gasteiger partial charge in [-0.2, -0.15) is 0 Å². The Labute approximate surface area is 112 Å². The van der Waals surface area contributed by atoms with Gasteiger partial charge in [0.2, 0.25) is 5.91 Å². The first-order valence-electron chi connectivity index (χ1n) is 6.20. The second-order valence-electron chi connectivity index (χ2n) is 5.10. The summed E-state index contributed by atoms with van der Waals surface area (Å²) in [5.74, 6) is -0.857. The molecule has 5 heteroatoms. The number of fused-ring (bicyclic) bond motifs is 1. The molecule has 19 heavy (non-hydrogen) atoms. The van der Waals surface area contributed by atoms with Crippen LogP contribution in [0.3, 0.4) is 0 Å². The monoisotopic (exact) mass is 262 g/mol. The fraction of sp³-hybridized carbons (Fsp3) is 0.429. The summed E-state index contributed by atoms with van der Waals surface area (Å²) in [5.41, 5.74) is 2.40. The van der Waals surface area contributed by atoms with E-state index >= 15 is 0 Å². The summed E-state index contributed by atoms with van der Waals surface area (Å²) < 4.78 is 0. The lowest BCUT2D eigenvalue weighted by atomic mass is 10.1. The van der Waals surface area contributed by atoms with Gasteiger partial charge >= 0.3 is 5.97 Å². The fourth-order valence-corrected chi connectivity index (χ4v) is 2.36. The highest BCUT2D eigenvalue weighted by molar-refractivity contribution is 5.88. The number of hydrogen-bond acceptors (Lipinski definition) is 3. The molecule has 2 rings (SSSR count). The van der Waals surface area contributed by atoms with Crippen molar-refractivity contribution in [1.29, 1.82) is 0 Å². The van der Waals surface area contributed by atoms with Gasteiger partial charge in [0.15, 0.2) is 0 Å². The second-order valence-corrected chi connectivity index (χ2v) is 5.10. The van der Waals surface area contributed by atoms with Crippen molar-refractivity contribution in [3.05, 3.63) is 34.9 Å². The second kappa shape index (κ2) is 5.01. The highest BCUT2D eigenvalue weighted by Gasteiger charge is 2.28. The number of aromatic carboxylic acids is 1. The minimum absolute atomic E-state index is 0.0614. The predicted octanol–water partition coefficient (Wildman–Crippen LogP) is 1.18. The quantitative estimate of drug-likeness (QED) is 0.888. The van der Waals surface area contributed by atoms with Crippen LogP contribution in [-0.4, -0.2) is 46.9 Å². The molecular formula is C14H18N2O3. The topological polar surface area (TPSA) is 60.9 Å². The van der Waals surface area contributed by atoms with Crippen LogP contribution in [0.25, 0.3) is 0 Å². The molecule has 1 aliphatic rings. The van der Waals surface area contributed by atoms with Gasteiger partial charge in [-0.25, -0.2) is 4.79 Å². The van der Waals surface area contributed by atoms with Crippen LogP contribution in [0.4, 0.5) is 0 Å². The van der Waals surface area contributed by atoms with Crippen molar-refractivity contribution in [1.82, 2.24) is 9.80 Å².